The number of alkyl halides is 1. The Labute approximate surface area is 392 Å². The van der Waals surface area contributed by atoms with Gasteiger partial charge in [-0.3, -0.25) is 34.1 Å². The molecule has 16 nitrogen and oxygen atoms in total. The van der Waals surface area contributed by atoms with E-state index in [0.29, 0.717) is 23.5 Å². The summed E-state index contributed by atoms with van der Waals surface area (Å²) >= 11 is 11.8. The molecular formula is C46H52Cl2FN3O13S. The first-order valence-electron chi connectivity index (χ1n) is 21.0. The number of carbonyl (C=O) groups is 6. The maximum absolute atomic E-state index is 14.3. The van der Waals surface area contributed by atoms with Crippen molar-refractivity contribution >= 4 is 85.4 Å². The third-order valence-electron chi connectivity index (χ3n) is 10.8. The Hall–Kier alpha value is -5.56. The smallest absolute Gasteiger partial charge is 0.427 e. The number of methoxy groups -OCH3 is 1. The summed E-state index contributed by atoms with van der Waals surface area (Å²) in [6, 6.07) is 11.2. The molecule has 0 bridgehead atoms. The Morgan fingerprint density at radius 1 is 1.03 bits per heavy atom. The average molecular weight is 977 g/mol. The zero-order valence-corrected chi connectivity index (χ0v) is 39.9. The molecule has 1 unspecified atom stereocenters. The third kappa shape index (κ3) is 12.7. The van der Waals surface area contributed by atoms with E-state index in [2.05, 4.69) is 13.0 Å². The number of halogens is 3. The number of Topliss-reactive ketones (excluding diaryl/α,β-unsaturated/α-hetero) is 3. The van der Waals surface area contributed by atoms with Gasteiger partial charge in [0.25, 0.3) is 5.69 Å². The standard InChI is InChI=1S/C17H17ClFNO4.C15H22ClNO2.C14H13NO7S/c1-9(2)15-16(21)20(17(22)24-15)13-8-14(11(18)7-12(13)19)23-10-5-3-4-6-10;1-5-13-8-6-7-11(2)15(13)17(14(18)9-16)12(3)10-19-4;1-23(21,22)8-5-6-9(10(7-8)15(19)20)14(18)13-11(16)3-2-4-12(13)17/h7-8,10H,3-6H2,1-2H3;6-8,12H,5,9-10H2,1-4H3;5-7,13H,2-4H2,1H3. The lowest BCUT2D eigenvalue weighted by molar-refractivity contribution is -0.385. The molecule has 2 saturated carbocycles. The maximum atomic E-state index is 14.3. The fourth-order valence-corrected chi connectivity index (χ4v) is 8.59. The van der Waals surface area contributed by atoms with Crippen molar-refractivity contribution < 1.29 is 60.7 Å². The summed E-state index contributed by atoms with van der Waals surface area (Å²) < 4.78 is 53.2. The van der Waals surface area contributed by atoms with Gasteiger partial charge in [-0.25, -0.2) is 22.5 Å². The quantitative estimate of drug-likeness (QED) is 0.0391. The van der Waals surface area contributed by atoms with Crippen molar-refractivity contribution in [3.8, 4) is 5.75 Å². The third-order valence-corrected chi connectivity index (χ3v) is 12.5. The molecule has 1 saturated heterocycles. The number of rotatable bonds is 13. The molecule has 1 atom stereocenters. The van der Waals surface area contributed by atoms with Gasteiger partial charge in [-0.1, -0.05) is 36.7 Å². The van der Waals surface area contributed by atoms with Crippen molar-refractivity contribution in [2.45, 2.75) is 103 Å². The summed E-state index contributed by atoms with van der Waals surface area (Å²) in [7, 11) is -2.06. The lowest BCUT2D eigenvalue weighted by atomic mass is 9.81. The summed E-state index contributed by atoms with van der Waals surface area (Å²) in [4.78, 5) is 84.9. The zero-order valence-electron chi connectivity index (χ0n) is 37.6. The number of carbonyl (C=O) groups excluding carboxylic acids is 6. The summed E-state index contributed by atoms with van der Waals surface area (Å²) in [6.45, 7) is 9.83. The Morgan fingerprint density at radius 2 is 1.67 bits per heavy atom. The molecule has 1 aliphatic heterocycles. The van der Waals surface area contributed by atoms with Crippen LogP contribution < -0.4 is 14.5 Å². The fraction of sp³-hybridized carbons (Fsp3) is 0.435. The lowest BCUT2D eigenvalue weighted by Crippen LogP contribution is -2.43. The van der Waals surface area contributed by atoms with Gasteiger partial charge in [0, 0.05) is 38.3 Å². The molecule has 0 spiro atoms. The van der Waals surface area contributed by atoms with Crippen LogP contribution in [-0.4, -0.2) is 86.6 Å². The van der Waals surface area contributed by atoms with E-state index in [-0.39, 0.29) is 63.9 Å². The Bertz CT molecular complexity index is 2520. The van der Waals surface area contributed by atoms with Crippen molar-refractivity contribution in [1.82, 2.24) is 0 Å². The average Bonchev–Trinajstić information content (AvgIpc) is 3.88. The van der Waals surface area contributed by atoms with Crippen LogP contribution in [0.15, 0.2) is 64.8 Å². The first-order chi connectivity index (χ1) is 31.1. The number of imide groups is 1. The number of para-hydroxylation sites is 1. The van der Waals surface area contributed by atoms with Gasteiger partial charge in [-0.15, -0.1) is 11.6 Å². The van der Waals surface area contributed by atoms with E-state index in [1.807, 2.05) is 26.0 Å². The molecule has 0 radical (unpaired) electrons. The normalized spacial score (nSPS) is 15.9. The predicted molar refractivity (Wildman–Crippen MR) is 245 cm³/mol. The van der Waals surface area contributed by atoms with Crippen molar-refractivity contribution in [3.05, 3.63) is 97.5 Å². The van der Waals surface area contributed by atoms with E-state index in [4.69, 9.17) is 37.4 Å². The molecule has 0 aromatic heterocycles. The second-order valence-electron chi connectivity index (χ2n) is 16.0. The molecule has 3 aliphatic rings. The number of aryl methyl sites for hydroxylation is 2. The zero-order chi connectivity index (χ0) is 49.2. The number of anilines is 2. The summed E-state index contributed by atoms with van der Waals surface area (Å²) in [5, 5.41) is 11.2. The van der Waals surface area contributed by atoms with Crippen LogP contribution in [0.1, 0.15) is 94.1 Å². The van der Waals surface area contributed by atoms with E-state index in [9.17, 15) is 51.7 Å². The van der Waals surface area contributed by atoms with Crippen molar-refractivity contribution in [2.75, 3.05) is 35.7 Å². The van der Waals surface area contributed by atoms with Crippen LogP contribution in [0.5, 0.6) is 5.75 Å². The number of ether oxygens (including phenoxy) is 3. The van der Waals surface area contributed by atoms with Crippen LogP contribution in [-0.2, 0) is 44.9 Å². The molecule has 3 fully saturated rings. The van der Waals surface area contributed by atoms with Crippen LogP contribution in [0.3, 0.4) is 0 Å². The number of nitro groups is 1. The van der Waals surface area contributed by atoms with Crippen molar-refractivity contribution in [2.24, 2.45) is 5.92 Å². The van der Waals surface area contributed by atoms with Gasteiger partial charge in [0.2, 0.25) is 5.91 Å². The minimum absolute atomic E-state index is 0.00962. The number of sulfone groups is 1. The van der Waals surface area contributed by atoms with Gasteiger partial charge in [-0.05, 0) is 101 Å². The van der Waals surface area contributed by atoms with E-state index < -0.39 is 67.1 Å². The molecule has 0 N–H and O–H groups in total. The second kappa shape index (κ2) is 23.3. The molecule has 356 valence electrons. The van der Waals surface area contributed by atoms with Gasteiger partial charge in [0.05, 0.1) is 50.5 Å². The lowest BCUT2D eigenvalue weighted by Gasteiger charge is -2.31. The van der Waals surface area contributed by atoms with Crippen molar-refractivity contribution in [1.29, 1.82) is 0 Å². The number of hydrogen-bond donors (Lipinski definition) is 0. The van der Waals surface area contributed by atoms with Crippen LogP contribution in [0.2, 0.25) is 5.02 Å². The molecule has 2 aliphatic carbocycles. The second-order valence-corrected chi connectivity index (χ2v) is 18.7. The van der Waals surface area contributed by atoms with E-state index >= 15 is 0 Å². The fourth-order valence-electron chi connectivity index (χ4n) is 7.63. The Kier molecular flexibility index (Phi) is 18.7. The van der Waals surface area contributed by atoms with E-state index in [1.54, 1.807) is 25.9 Å². The first kappa shape index (κ1) is 53.1. The van der Waals surface area contributed by atoms with Gasteiger partial charge in [0.15, 0.2) is 32.9 Å². The molecule has 3 aromatic rings. The molecular weight excluding hydrogens is 924 g/mol. The molecule has 1 heterocycles. The Balaban J connectivity index is 0.000000218. The number of ketones is 3. The highest BCUT2D eigenvalue weighted by molar-refractivity contribution is 7.90. The highest BCUT2D eigenvalue weighted by Gasteiger charge is 2.41. The maximum Gasteiger partial charge on any atom is 0.427 e. The number of nitro benzene ring substituents is 1. The van der Waals surface area contributed by atoms with Gasteiger partial charge in [0.1, 0.15) is 23.4 Å². The minimum atomic E-state index is -3.70. The van der Waals surface area contributed by atoms with Crippen LogP contribution in [0.4, 0.5) is 26.2 Å². The predicted octanol–water partition coefficient (Wildman–Crippen LogP) is 8.86. The monoisotopic (exact) mass is 975 g/mol. The Morgan fingerprint density at radius 3 is 2.20 bits per heavy atom. The van der Waals surface area contributed by atoms with Gasteiger partial charge >= 0.3 is 12.0 Å². The summed E-state index contributed by atoms with van der Waals surface area (Å²) in [5.74, 6) is -5.05. The largest absolute Gasteiger partial charge is 0.489 e. The summed E-state index contributed by atoms with van der Waals surface area (Å²) in [6.07, 6.45) is 5.25. The molecule has 3 amide bonds. The number of nitrogens with zero attached hydrogens (tertiary/aromatic N) is 3. The summed E-state index contributed by atoms with van der Waals surface area (Å²) in [5.41, 5.74) is 2.36. The van der Waals surface area contributed by atoms with E-state index in [1.165, 1.54) is 6.07 Å². The number of benzene rings is 3. The van der Waals surface area contributed by atoms with Crippen LogP contribution >= 0.6 is 23.2 Å². The topological polar surface area (TPSA) is 214 Å². The van der Waals surface area contributed by atoms with E-state index in [0.717, 1.165) is 79.4 Å². The van der Waals surface area contributed by atoms with Crippen LogP contribution in [0, 0.1) is 28.8 Å². The molecule has 20 heteroatoms. The molecule has 6 rings (SSSR count). The number of hydrogen-bond acceptors (Lipinski definition) is 13. The first-order valence-corrected chi connectivity index (χ1v) is 23.8. The number of amides is 3. The SMILES string of the molecule is CC(C)=C1OC(=O)N(c2cc(OC3CCCC3)c(Cl)cc2F)C1=O.CCc1cccc(C)c1N(C(=O)CCl)C(C)COC.CS(=O)(=O)c1ccc(C(=O)C2C(=O)CCCC2=O)c([N+](=O)[O-])c1. The highest BCUT2D eigenvalue weighted by Crippen LogP contribution is 2.38. The van der Waals surface area contributed by atoms with Crippen molar-refractivity contribution in [3.63, 3.8) is 0 Å². The highest BCUT2D eigenvalue weighted by atomic mass is 35.5. The molecule has 3 aromatic carbocycles. The van der Waals surface area contributed by atoms with Gasteiger partial charge < -0.3 is 19.1 Å². The number of allylic oxidation sites excluding steroid dienone is 1. The number of cyclic esters (lactones) is 1. The minimum Gasteiger partial charge on any atom is -0.489 e. The van der Waals surface area contributed by atoms with Gasteiger partial charge in [-0.2, -0.15) is 0 Å². The van der Waals surface area contributed by atoms with Crippen LogP contribution in [0.25, 0.3) is 0 Å². The molecule has 66 heavy (non-hydrogen) atoms.